The van der Waals surface area contributed by atoms with Crippen molar-refractivity contribution in [2.24, 2.45) is 0 Å². The number of aliphatic hydroxyl groups is 1. The Labute approximate surface area is 91.4 Å². The van der Waals surface area contributed by atoms with Gasteiger partial charge in [0, 0.05) is 13.7 Å². The summed E-state index contributed by atoms with van der Waals surface area (Å²) in [5.74, 6) is 0.835. The Morgan fingerprint density at radius 2 is 2.43 bits per heavy atom. The molecule has 0 aliphatic heterocycles. The van der Waals surface area contributed by atoms with Crippen molar-refractivity contribution in [1.82, 2.24) is 5.32 Å². The van der Waals surface area contributed by atoms with Gasteiger partial charge in [0.2, 0.25) is 0 Å². The van der Waals surface area contributed by atoms with E-state index in [0.29, 0.717) is 24.4 Å². The summed E-state index contributed by atoms with van der Waals surface area (Å²) in [6.45, 7) is 1.44. The van der Waals surface area contributed by atoms with Crippen LogP contribution >= 0.6 is 15.9 Å². The molecule has 0 aliphatic carbocycles. The number of hydrogen-bond acceptors (Lipinski definition) is 4. The first kappa shape index (κ1) is 11.7. The van der Waals surface area contributed by atoms with Crippen molar-refractivity contribution in [3.05, 3.63) is 22.6 Å². The largest absolute Gasteiger partial charge is 0.453 e. The van der Waals surface area contributed by atoms with Gasteiger partial charge in [0.05, 0.1) is 19.3 Å². The molecule has 0 saturated heterocycles. The molecule has 0 bridgehead atoms. The van der Waals surface area contributed by atoms with Gasteiger partial charge in [0.25, 0.3) is 0 Å². The third-order valence-corrected chi connectivity index (χ3v) is 2.09. The Morgan fingerprint density at radius 3 is 3.00 bits per heavy atom. The van der Waals surface area contributed by atoms with E-state index in [1.807, 2.05) is 12.1 Å². The normalized spacial score (nSPS) is 13.1. The molecular weight excluding hydrogens is 250 g/mol. The zero-order chi connectivity index (χ0) is 10.4. The van der Waals surface area contributed by atoms with Gasteiger partial charge in [0.1, 0.15) is 5.76 Å². The maximum absolute atomic E-state index is 9.31. The molecule has 0 fully saturated rings. The van der Waals surface area contributed by atoms with Crippen molar-refractivity contribution < 1.29 is 14.3 Å². The standard InChI is InChI=1S/C9H14BrNO3/c1-13-6-7(12)4-11-5-8-2-3-9(10)14-8/h2-3,7,11-12H,4-6H2,1H3. The van der Waals surface area contributed by atoms with E-state index in [9.17, 15) is 5.11 Å². The highest BCUT2D eigenvalue weighted by Crippen LogP contribution is 2.13. The number of hydrogen-bond donors (Lipinski definition) is 2. The highest BCUT2D eigenvalue weighted by atomic mass is 79.9. The Hall–Kier alpha value is -0.360. The molecule has 80 valence electrons. The molecule has 4 nitrogen and oxygen atoms in total. The molecule has 1 unspecified atom stereocenters. The molecule has 0 spiro atoms. The van der Waals surface area contributed by atoms with Gasteiger partial charge in [-0.2, -0.15) is 0 Å². The topological polar surface area (TPSA) is 54.6 Å². The first-order valence-electron chi connectivity index (χ1n) is 4.34. The van der Waals surface area contributed by atoms with Crippen molar-refractivity contribution in [3.63, 3.8) is 0 Å². The molecule has 2 N–H and O–H groups in total. The summed E-state index contributed by atoms with van der Waals surface area (Å²) < 4.78 is 10.8. The fraction of sp³-hybridized carbons (Fsp3) is 0.556. The lowest BCUT2D eigenvalue weighted by atomic mass is 10.3. The summed E-state index contributed by atoms with van der Waals surface area (Å²) in [4.78, 5) is 0. The van der Waals surface area contributed by atoms with Crippen LogP contribution < -0.4 is 5.32 Å². The minimum atomic E-state index is -0.474. The molecule has 1 heterocycles. The molecule has 5 heteroatoms. The molecule has 1 atom stereocenters. The fourth-order valence-corrected chi connectivity index (χ4v) is 1.40. The van der Waals surface area contributed by atoms with Crippen molar-refractivity contribution in [1.29, 1.82) is 0 Å². The van der Waals surface area contributed by atoms with Gasteiger partial charge in [-0.15, -0.1) is 0 Å². The molecule has 0 saturated carbocycles. The van der Waals surface area contributed by atoms with Crippen molar-refractivity contribution in [2.45, 2.75) is 12.6 Å². The minimum absolute atomic E-state index is 0.342. The first-order chi connectivity index (χ1) is 6.72. The van der Waals surface area contributed by atoms with E-state index in [0.717, 1.165) is 5.76 Å². The Kier molecular flexibility index (Phi) is 5.17. The van der Waals surface area contributed by atoms with E-state index < -0.39 is 6.10 Å². The summed E-state index contributed by atoms with van der Waals surface area (Å²) >= 11 is 3.21. The van der Waals surface area contributed by atoms with Gasteiger partial charge in [-0.1, -0.05) is 0 Å². The smallest absolute Gasteiger partial charge is 0.169 e. The molecule has 14 heavy (non-hydrogen) atoms. The van der Waals surface area contributed by atoms with E-state index >= 15 is 0 Å². The Balaban J connectivity index is 2.15. The molecular formula is C9H14BrNO3. The summed E-state index contributed by atoms with van der Waals surface area (Å²) in [5, 5.41) is 12.4. The summed E-state index contributed by atoms with van der Waals surface area (Å²) in [7, 11) is 1.56. The monoisotopic (exact) mass is 263 g/mol. The van der Waals surface area contributed by atoms with Crippen molar-refractivity contribution in [3.8, 4) is 0 Å². The molecule has 1 aromatic rings. The molecule has 0 amide bonds. The number of halogens is 1. The summed E-state index contributed by atoms with van der Waals surface area (Å²) in [5.41, 5.74) is 0. The van der Waals surface area contributed by atoms with Crippen LogP contribution in [0.2, 0.25) is 0 Å². The number of furan rings is 1. The van der Waals surface area contributed by atoms with Crippen LogP contribution in [0, 0.1) is 0 Å². The van der Waals surface area contributed by atoms with Gasteiger partial charge >= 0.3 is 0 Å². The number of rotatable bonds is 6. The Morgan fingerprint density at radius 1 is 1.64 bits per heavy atom. The van der Waals surface area contributed by atoms with Crippen LogP contribution in [0.5, 0.6) is 0 Å². The average molecular weight is 264 g/mol. The number of ether oxygens (including phenoxy) is 1. The van der Waals surface area contributed by atoms with Crippen molar-refractivity contribution >= 4 is 15.9 Å². The molecule has 1 aromatic heterocycles. The van der Waals surface area contributed by atoms with E-state index in [1.54, 1.807) is 7.11 Å². The van der Waals surface area contributed by atoms with Gasteiger partial charge < -0.3 is 19.6 Å². The van der Waals surface area contributed by atoms with Crippen LogP contribution in [0.25, 0.3) is 0 Å². The SMILES string of the molecule is COCC(O)CNCc1ccc(Br)o1. The van der Waals surface area contributed by atoms with E-state index in [-0.39, 0.29) is 0 Å². The second-order valence-corrected chi connectivity index (χ2v) is 3.73. The van der Waals surface area contributed by atoms with Gasteiger partial charge in [0.15, 0.2) is 4.67 Å². The van der Waals surface area contributed by atoms with E-state index in [2.05, 4.69) is 21.2 Å². The highest BCUT2D eigenvalue weighted by Gasteiger charge is 2.03. The molecule has 0 aliphatic rings. The van der Waals surface area contributed by atoms with Crippen LogP contribution in [0.4, 0.5) is 0 Å². The minimum Gasteiger partial charge on any atom is -0.453 e. The quantitative estimate of drug-likeness (QED) is 0.809. The molecule has 0 aromatic carbocycles. The second-order valence-electron chi connectivity index (χ2n) is 2.95. The molecule has 0 radical (unpaired) electrons. The third kappa shape index (κ3) is 4.23. The maximum Gasteiger partial charge on any atom is 0.169 e. The average Bonchev–Trinajstić information content (AvgIpc) is 2.52. The van der Waals surface area contributed by atoms with Gasteiger partial charge in [-0.3, -0.25) is 0 Å². The first-order valence-corrected chi connectivity index (χ1v) is 5.13. The predicted octanol–water partition coefficient (Wildman–Crippen LogP) is 1.14. The van der Waals surface area contributed by atoms with Crippen LogP contribution in [-0.4, -0.2) is 31.5 Å². The predicted molar refractivity (Wildman–Crippen MR) is 56.0 cm³/mol. The lowest BCUT2D eigenvalue weighted by Gasteiger charge is -2.09. The summed E-state index contributed by atoms with van der Waals surface area (Å²) in [6, 6.07) is 3.71. The van der Waals surface area contributed by atoms with E-state index in [4.69, 9.17) is 9.15 Å². The highest BCUT2D eigenvalue weighted by molar-refractivity contribution is 9.10. The van der Waals surface area contributed by atoms with Crippen LogP contribution in [-0.2, 0) is 11.3 Å². The summed E-state index contributed by atoms with van der Waals surface area (Å²) in [6.07, 6.45) is -0.474. The molecule has 1 rings (SSSR count). The number of aliphatic hydroxyl groups excluding tert-OH is 1. The van der Waals surface area contributed by atoms with Gasteiger partial charge in [-0.05, 0) is 28.1 Å². The fourth-order valence-electron chi connectivity index (χ4n) is 1.06. The number of nitrogens with one attached hydrogen (secondary N) is 1. The van der Waals surface area contributed by atoms with Crippen LogP contribution in [0.3, 0.4) is 0 Å². The van der Waals surface area contributed by atoms with Crippen LogP contribution in [0.1, 0.15) is 5.76 Å². The zero-order valence-electron chi connectivity index (χ0n) is 8.00. The maximum atomic E-state index is 9.31. The lowest BCUT2D eigenvalue weighted by Crippen LogP contribution is -2.29. The van der Waals surface area contributed by atoms with Gasteiger partial charge in [-0.25, -0.2) is 0 Å². The Bertz CT molecular complexity index is 264. The second kappa shape index (κ2) is 6.19. The van der Waals surface area contributed by atoms with Crippen molar-refractivity contribution in [2.75, 3.05) is 20.3 Å². The lowest BCUT2D eigenvalue weighted by molar-refractivity contribution is 0.0641. The zero-order valence-corrected chi connectivity index (χ0v) is 9.58. The van der Waals surface area contributed by atoms with Crippen LogP contribution in [0.15, 0.2) is 21.2 Å². The number of methoxy groups -OCH3 is 1. The van der Waals surface area contributed by atoms with E-state index in [1.165, 1.54) is 0 Å². The third-order valence-electron chi connectivity index (χ3n) is 1.67.